The molecule has 4 nitrogen and oxygen atoms in total. The summed E-state index contributed by atoms with van der Waals surface area (Å²) in [5, 5.41) is 17.0. The molecule has 2 N–H and O–H groups in total. The van der Waals surface area contributed by atoms with E-state index in [0.29, 0.717) is 12.8 Å². The van der Waals surface area contributed by atoms with Crippen LogP contribution in [0.25, 0.3) is 0 Å². The average molecular weight is 362 g/mol. The van der Waals surface area contributed by atoms with Crippen molar-refractivity contribution in [1.82, 2.24) is 0 Å². The fourth-order valence-electron chi connectivity index (χ4n) is 2.67. The molecule has 0 aliphatic carbocycles. The van der Waals surface area contributed by atoms with Crippen molar-refractivity contribution in [2.45, 2.75) is 103 Å². The van der Waals surface area contributed by atoms with E-state index in [1.165, 1.54) is 64.2 Å². The third kappa shape index (κ3) is 27.8. The van der Waals surface area contributed by atoms with E-state index in [4.69, 9.17) is 10.2 Å². The van der Waals surface area contributed by atoms with Crippen molar-refractivity contribution in [3.8, 4) is 0 Å². The molecule has 0 fully saturated rings. The third-order valence-corrected chi connectivity index (χ3v) is 4.03. The summed E-state index contributed by atoms with van der Waals surface area (Å²) in [6, 6.07) is 0. The summed E-state index contributed by atoms with van der Waals surface area (Å²) < 4.78 is 0. The molecular formula is C18H36Na2O4. The molecule has 0 amide bonds. The van der Waals surface area contributed by atoms with E-state index < -0.39 is 11.9 Å². The molecule has 0 bridgehead atoms. The quantitative estimate of drug-likeness (QED) is 0.302. The Morgan fingerprint density at radius 2 is 0.583 bits per heavy atom. The molecule has 0 aromatic rings. The summed E-state index contributed by atoms with van der Waals surface area (Å²) >= 11 is 0. The van der Waals surface area contributed by atoms with Crippen LogP contribution >= 0.6 is 0 Å². The zero-order valence-electron chi connectivity index (χ0n) is 14.0. The summed E-state index contributed by atoms with van der Waals surface area (Å²) in [6.45, 7) is 0. The molecule has 0 rings (SSSR count). The van der Waals surface area contributed by atoms with Crippen molar-refractivity contribution in [2.75, 3.05) is 0 Å². The SMILES string of the molecule is O=C(O)CCCCCCCCCCCCCCCCC(=O)O.[NaH].[NaH]. The van der Waals surface area contributed by atoms with Crippen molar-refractivity contribution >= 4 is 71.1 Å². The van der Waals surface area contributed by atoms with Gasteiger partial charge in [0.05, 0.1) is 0 Å². The number of carboxylic acid groups (broad SMARTS) is 2. The summed E-state index contributed by atoms with van der Waals surface area (Å²) in [4.78, 5) is 20.7. The van der Waals surface area contributed by atoms with Gasteiger partial charge in [-0.05, 0) is 12.8 Å². The van der Waals surface area contributed by atoms with Gasteiger partial charge in [0.2, 0.25) is 0 Å². The molecule has 0 heterocycles. The Bertz CT molecular complexity index is 258. The Labute approximate surface area is 192 Å². The molecule has 0 aliphatic rings. The van der Waals surface area contributed by atoms with E-state index in [0.717, 1.165) is 25.7 Å². The number of rotatable bonds is 17. The molecule has 0 unspecified atom stereocenters. The molecule has 0 aromatic heterocycles. The summed E-state index contributed by atoms with van der Waals surface area (Å²) in [6.07, 6.45) is 17.0. The summed E-state index contributed by atoms with van der Waals surface area (Å²) in [5.74, 6) is -1.36. The van der Waals surface area contributed by atoms with Crippen LogP contribution in [-0.2, 0) is 9.59 Å². The zero-order chi connectivity index (χ0) is 16.5. The molecule has 0 aromatic carbocycles. The Morgan fingerprint density at radius 3 is 0.750 bits per heavy atom. The van der Waals surface area contributed by atoms with Crippen LogP contribution in [0.3, 0.4) is 0 Å². The second kappa shape index (κ2) is 23.9. The van der Waals surface area contributed by atoms with Gasteiger partial charge in [0.25, 0.3) is 0 Å². The van der Waals surface area contributed by atoms with Crippen LogP contribution in [0, 0.1) is 0 Å². The van der Waals surface area contributed by atoms with E-state index >= 15 is 0 Å². The van der Waals surface area contributed by atoms with Crippen LogP contribution in [-0.4, -0.2) is 81.3 Å². The fourth-order valence-corrected chi connectivity index (χ4v) is 2.67. The number of carbonyl (C=O) groups is 2. The summed E-state index contributed by atoms with van der Waals surface area (Å²) in [7, 11) is 0. The standard InChI is InChI=1S/C18H34O4.2Na.2H/c19-17(20)15-13-11-9-7-5-3-1-2-4-6-8-10-12-14-16-18(21)22;;;;/h1-16H2,(H,19,20)(H,21,22);;;;. The van der Waals surface area contributed by atoms with E-state index in [1.807, 2.05) is 0 Å². The topological polar surface area (TPSA) is 74.6 Å². The molecule has 0 atom stereocenters. The first-order valence-corrected chi connectivity index (χ1v) is 9.06. The van der Waals surface area contributed by atoms with Crippen molar-refractivity contribution in [3.05, 3.63) is 0 Å². The van der Waals surface area contributed by atoms with Gasteiger partial charge in [0.15, 0.2) is 0 Å². The number of aliphatic carboxylic acids is 2. The van der Waals surface area contributed by atoms with Gasteiger partial charge >= 0.3 is 71.1 Å². The van der Waals surface area contributed by atoms with Crippen LogP contribution in [0.1, 0.15) is 103 Å². The predicted octanol–water partition coefficient (Wildman–Crippen LogP) is 4.10. The fraction of sp³-hybridized carbons (Fsp3) is 0.889. The van der Waals surface area contributed by atoms with Gasteiger partial charge in [0.1, 0.15) is 0 Å². The van der Waals surface area contributed by atoms with Crippen molar-refractivity contribution in [2.24, 2.45) is 0 Å². The number of carboxylic acids is 2. The molecule has 0 saturated carbocycles. The molecule has 134 valence electrons. The number of hydrogen-bond acceptors (Lipinski definition) is 2. The first-order valence-electron chi connectivity index (χ1n) is 9.06. The van der Waals surface area contributed by atoms with Crippen molar-refractivity contribution in [1.29, 1.82) is 0 Å². The Hall–Kier alpha value is 0.940. The minimum absolute atomic E-state index is 0. The van der Waals surface area contributed by atoms with E-state index in [9.17, 15) is 9.59 Å². The number of hydrogen-bond donors (Lipinski definition) is 2. The van der Waals surface area contributed by atoms with Gasteiger partial charge in [-0.15, -0.1) is 0 Å². The first kappa shape index (κ1) is 29.7. The Kier molecular flexibility index (Phi) is 29.6. The maximum absolute atomic E-state index is 10.3. The van der Waals surface area contributed by atoms with Gasteiger partial charge in [0, 0.05) is 12.8 Å². The maximum atomic E-state index is 10.3. The predicted molar refractivity (Wildman–Crippen MR) is 103 cm³/mol. The monoisotopic (exact) mass is 362 g/mol. The number of unbranched alkanes of at least 4 members (excludes halogenated alkanes) is 13. The average Bonchev–Trinajstić information content (AvgIpc) is 2.46. The first-order chi connectivity index (χ1) is 10.6. The van der Waals surface area contributed by atoms with Crippen molar-refractivity contribution < 1.29 is 19.8 Å². The normalized spacial score (nSPS) is 9.83. The van der Waals surface area contributed by atoms with Crippen LogP contribution in [0.5, 0.6) is 0 Å². The minimum atomic E-state index is -0.679. The van der Waals surface area contributed by atoms with E-state index in [1.54, 1.807) is 0 Å². The van der Waals surface area contributed by atoms with Crippen LogP contribution in [0.2, 0.25) is 0 Å². The molecule has 6 heteroatoms. The van der Waals surface area contributed by atoms with Gasteiger partial charge in [-0.2, -0.15) is 0 Å². The van der Waals surface area contributed by atoms with E-state index in [2.05, 4.69) is 0 Å². The second-order valence-corrected chi connectivity index (χ2v) is 6.24. The molecule has 24 heavy (non-hydrogen) atoms. The van der Waals surface area contributed by atoms with Crippen LogP contribution < -0.4 is 0 Å². The van der Waals surface area contributed by atoms with Gasteiger partial charge in [-0.25, -0.2) is 0 Å². The van der Waals surface area contributed by atoms with Crippen molar-refractivity contribution in [3.63, 3.8) is 0 Å². The van der Waals surface area contributed by atoms with E-state index in [-0.39, 0.29) is 59.1 Å². The van der Waals surface area contributed by atoms with Crippen LogP contribution in [0.4, 0.5) is 0 Å². The third-order valence-electron chi connectivity index (χ3n) is 4.03. The second-order valence-electron chi connectivity index (χ2n) is 6.24. The molecular weight excluding hydrogens is 326 g/mol. The molecule has 0 aliphatic heterocycles. The van der Waals surface area contributed by atoms with Gasteiger partial charge in [-0.3, -0.25) is 9.59 Å². The zero-order valence-corrected chi connectivity index (χ0v) is 14.0. The van der Waals surface area contributed by atoms with Crippen LogP contribution in [0.15, 0.2) is 0 Å². The summed E-state index contributed by atoms with van der Waals surface area (Å²) in [5.41, 5.74) is 0. The molecule has 0 spiro atoms. The van der Waals surface area contributed by atoms with Gasteiger partial charge < -0.3 is 10.2 Å². The molecule has 0 saturated heterocycles. The van der Waals surface area contributed by atoms with Gasteiger partial charge in [-0.1, -0.05) is 77.0 Å². The Balaban J connectivity index is -0.00000220. The molecule has 0 radical (unpaired) electrons. The Morgan fingerprint density at radius 1 is 0.417 bits per heavy atom.